The van der Waals surface area contributed by atoms with E-state index in [9.17, 15) is 9.59 Å². The van der Waals surface area contributed by atoms with E-state index < -0.39 is 5.97 Å². The van der Waals surface area contributed by atoms with Gasteiger partial charge in [0.2, 0.25) is 5.91 Å². The van der Waals surface area contributed by atoms with Crippen LogP contribution in [0.3, 0.4) is 0 Å². The first-order valence-corrected chi connectivity index (χ1v) is 7.56. The summed E-state index contributed by atoms with van der Waals surface area (Å²) in [6.07, 6.45) is -0.291. The molecule has 6 nitrogen and oxygen atoms in total. The van der Waals surface area contributed by atoms with Crippen LogP contribution in [0, 0.1) is 0 Å². The molecule has 2 aromatic carbocycles. The molecule has 0 aliphatic carbocycles. The first kappa shape index (κ1) is 17.3. The number of aliphatic carboxylic acids is 1. The lowest BCUT2D eigenvalue weighted by atomic mass is 10.2. The van der Waals surface area contributed by atoms with Crippen LogP contribution in [0.25, 0.3) is 0 Å². The number of benzene rings is 2. The van der Waals surface area contributed by atoms with Crippen LogP contribution in [0.4, 0.5) is 5.69 Å². The predicted molar refractivity (Wildman–Crippen MR) is 89.4 cm³/mol. The zero-order valence-corrected chi connectivity index (χ0v) is 13.1. The number of anilines is 1. The standard InChI is InChI=1S/C18H19NO5/c20-17(10-11-18(21)22)19-15-8-4-5-9-16(15)24-13-12-23-14-6-2-1-3-7-14/h1-9H,10-13H2,(H,19,20)(H,21,22). The van der Waals surface area contributed by atoms with Gasteiger partial charge in [-0.3, -0.25) is 9.59 Å². The maximum absolute atomic E-state index is 11.7. The second-order valence-corrected chi connectivity index (χ2v) is 4.95. The monoisotopic (exact) mass is 329 g/mol. The molecule has 24 heavy (non-hydrogen) atoms. The number of hydrogen-bond acceptors (Lipinski definition) is 4. The largest absolute Gasteiger partial charge is 0.490 e. The third-order valence-corrected chi connectivity index (χ3v) is 3.08. The Morgan fingerprint density at radius 2 is 1.54 bits per heavy atom. The summed E-state index contributed by atoms with van der Waals surface area (Å²) in [7, 11) is 0. The van der Waals surface area contributed by atoms with Crippen LogP contribution < -0.4 is 14.8 Å². The minimum atomic E-state index is -1.01. The summed E-state index contributed by atoms with van der Waals surface area (Å²) in [5, 5.41) is 11.3. The molecule has 0 unspecified atom stereocenters. The van der Waals surface area contributed by atoms with E-state index >= 15 is 0 Å². The van der Waals surface area contributed by atoms with Crippen LogP contribution in [0.2, 0.25) is 0 Å². The number of para-hydroxylation sites is 3. The normalized spacial score (nSPS) is 10.0. The lowest BCUT2D eigenvalue weighted by molar-refractivity contribution is -0.138. The summed E-state index contributed by atoms with van der Waals surface area (Å²) >= 11 is 0. The minimum Gasteiger partial charge on any atom is -0.490 e. The van der Waals surface area contributed by atoms with Crippen LogP contribution in [-0.4, -0.2) is 30.2 Å². The van der Waals surface area contributed by atoms with E-state index in [4.69, 9.17) is 14.6 Å². The fourth-order valence-corrected chi connectivity index (χ4v) is 1.96. The number of nitrogens with one attached hydrogen (secondary N) is 1. The molecule has 0 aliphatic heterocycles. The van der Waals surface area contributed by atoms with Crippen LogP contribution in [-0.2, 0) is 9.59 Å². The van der Waals surface area contributed by atoms with Gasteiger partial charge in [0.05, 0.1) is 12.1 Å². The molecule has 0 spiro atoms. The summed E-state index contributed by atoms with van der Waals surface area (Å²) in [5.74, 6) is -0.101. The third kappa shape index (κ3) is 6.00. The van der Waals surface area contributed by atoms with Gasteiger partial charge in [-0.1, -0.05) is 30.3 Å². The number of carboxylic acids is 1. The average Bonchev–Trinajstić information content (AvgIpc) is 2.59. The van der Waals surface area contributed by atoms with Gasteiger partial charge in [0.1, 0.15) is 24.7 Å². The van der Waals surface area contributed by atoms with Crippen molar-refractivity contribution in [3.63, 3.8) is 0 Å². The molecule has 0 aromatic heterocycles. The van der Waals surface area contributed by atoms with Crippen molar-refractivity contribution in [2.45, 2.75) is 12.8 Å². The van der Waals surface area contributed by atoms with Gasteiger partial charge in [-0.25, -0.2) is 0 Å². The maximum atomic E-state index is 11.7. The average molecular weight is 329 g/mol. The topological polar surface area (TPSA) is 84.9 Å². The van der Waals surface area contributed by atoms with Gasteiger partial charge in [0.15, 0.2) is 0 Å². The highest BCUT2D eigenvalue weighted by molar-refractivity contribution is 5.93. The van der Waals surface area contributed by atoms with E-state index in [1.165, 1.54) is 0 Å². The summed E-state index contributed by atoms with van der Waals surface area (Å²) in [6.45, 7) is 0.683. The zero-order valence-electron chi connectivity index (χ0n) is 13.1. The Morgan fingerprint density at radius 1 is 0.875 bits per heavy atom. The lowest BCUT2D eigenvalue weighted by Crippen LogP contribution is -2.15. The van der Waals surface area contributed by atoms with Gasteiger partial charge in [-0.05, 0) is 24.3 Å². The summed E-state index contributed by atoms with van der Waals surface area (Å²) in [6, 6.07) is 16.4. The molecule has 0 aliphatic rings. The Morgan fingerprint density at radius 3 is 2.29 bits per heavy atom. The number of rotatable bonds is 9. The van der Waals surface area contributed by atoms with Crippen LogP contribution in [0.5, 0.6) is 11.5 Å². The summed E-state index contributed by atoms with van der Waals surface area (Å²) < 4.78 is 11.2. The fraction of sp³-hybridized carbons (Fsp3) is 0.222. The Hall–Kier alpha value is -3.02. The van der Waals surface area contributed by atoms with E-state index in [1.54, 1.807) is 24.3 Å². The van der Waals surface area contributed by atoms with Gasteiger partial charge in [0.25, 0.3) is 0 Å². The molecule has 0 bridgehead atoms. The highest BCUT2D eigenvalue weighted by Crippen LogP contribution is 2.24. The van der Waals surface area contributed by atoms with Crippen LogP contribution >= 0.6 is 0 Å². The Bertz CT molecular complexity index is 672. The maximum Gasteiger partial charge on any atom is 0.303 e. The second kappa shape index (κ2) is 9.19. The van der Waals surface area contributed by atoms with E-state index in [0.29, 0.717) is 24.7 Å². The number of carboxylic acid groups (broad SMARTS) is 1. The summed E-state index contributed by atoms with van der Waals surface area (Å²) in [4.78, 5) is 22.2. The van der Waals surface area contributed by atoms with Crippen molar-refractivity contribution in [1.29, 1.82) is 0 Å². The van der Waals surface area contributed by atoms with Crippen molar-refractivity contribution < 1.29 is 24.2 Å². The Balaban J connectivity index is 1.82. The molecule has 0 heterocycles. The first-order chi connectivity index (χ1) is 11.6. The highest BCUT2D eigenvalue weighted by atomic mass is 16.5. The van der Waals surface area contributed by atoms with E-state index in [1.807, 2.05) is 30.3 Å². The van der Waals surface area contributed by atoms with E-state index in [-0.39, 0.29) is 18.7 Å². The third-order valence-electron chi connectivity index (χ3n) is 3.08. The highest BCUT2D eigenvalue weighted by Gasteiger charge is 2.09. The number of ether oxygens (including phenoxy) is 2. The van der Waals surface area contributed by atoms with Crippen LogP contribution in [0.1, 0.15) is 12.8 Å². The van der Waals surface area contributed by atoms with Gasteiger partial charge in [-0.15, -0.1) is 0 Å². The SMILES string of the molecule is O=C(O)CCC(=O)Nc1ccccc1OCCOc1ccccc1. The molecular weight excluding hydrogens is 310 g/mol. The minimum absolute atomic E-state index is 0.0826. The fourth-order valence-electron chi connectivity index (χ4n) is 1.96. The Kier molecular flexibility index (Phi) is 6.64. The molecule has 2 N–H and O–H groups in total. The van der Waals surface area contributed by atoms with Crippen molar-refractivity contribution in [2.75, 3.05) is 18.5 Å². The Labute approximate surface area is 140 Å². The quantitative estimate of drug-likeness (QED) is 0.691. The van der Waals surface area contributed by atoms with Gasteiger partial charge < -0.3 is 19.9 Å². The number of hydrogen-bond donors (Lipinski definition) is 2. The second-order valence-electron chi connectivity index (χ2n) is 4.95. The van der Waals surface area contributed by atoms with E-state index in [0.717, 1.165) is 5.75 Å². The molecule has 0 saturated carbocycles. The molecule has 2 rings (SSSR count). The van der Waals surface area contributed by atoms with Gasteiger partial charge in [-0.2, -0.15) is 0 Å². The lowest BCUT2D eigenvalue weighted by Gasteiger charge is -2.13. The van der Waals surface area contributed by atoms with Gasteiger partial charge in [0, 0.05) is 6.42 Å². The van der Waals surface area contributed by atoms with E-state index in [2.05, 4.69) is 5.32 Å². The molecule has 0 radical (unpaired) electrons. The smallest absolute Gasteiger partial charge is 0.303 e. The number of amides is 1. The molecule has 6 heteroatoms. The molecule has 126 valence electrons. The molecule has 1 amide bonds. The van der Waals surface area contributed by atoms with Crippen molar-refractivity contribution in [3.05, 3.63) is 54.6 Å². The first-order valence-electron chi connectivity index (χ1n) is 7.56. The molecule has 0 fully saturated rings. The van der Waals surface area contributed by atoms with Crippen molar-refractivity contribution in [1.82, 2.24) is 0 Å². The molecule has 0 atom stereocenters. The van der Waals surface area contributed by atoms with Gasteiger partial charge >= 0.3 is 5.97 Å². The van der Waals surface area contributed by atoms with Crippen molar-refractivity contribution in [3.8, 4) is 11.5 Å². The molecule has 0 saturated heterocycles. The zero-order chi connectivity index (χ0) is 17.2. The number of carbonyl (C=O) groups excluding carboxylic acids is 1. The van der Waals surface area contributed by atoms with Crippen LogP contribution in [0.15, 0.2) is 54.6 Å². The predicted octanol–water partition coefficient (Wildman–Crippen LogP) is 2.95. The van der Waals surface area contributed by atoms with Crippen molar-refractivity contribution >= 4 is 17.6 Å². The van der Waals surface area contributed by atoms with Crippen molar-refractivity contribution in [2.24, 2.45) is 0 Å². The summed E-state index contributed by atoms with van der Waals surface area (Å²) in [5.41, 5.74) is 0.507. The molecule has 2 aromatic rings. The number of carbonyl (C=O) groups is 2. The molecular formula is C18H19NO5.